The Labute approximate surface area is 109 Å². The van der Waals surface area contributed by atoms with Crippen molar-refractivity contribution >= 4 is 16.5 Å². The maximum atomic E-state index is 12.4. The van der Waals surface area contributed by atoms with E-state index in [-0.39, 0.29) is 11.2 Å². The van der Waals surface area contributed by atoms with E-state index in [0.717, 1.165) is 32.1 Å². The van der Waals surface area contributed by atoms with Crippen LogP contribution >= 0.6 is 11.3 Å². The first kappa shape index (κ1) is 15.2. The first-order valence-corrected chi connectivity index (χ1v) is 6.96. The molecule has 7 heteroatoms. The van der Waals surface area contributed by atoms with Crippen molar-refractivity contribution in [2.75, 3.05) is 5.32 Å². The highest BCUT2D eigenvalue weighted by molar-refractivity contribution is 7.15. The summed E-state index contributed by atoms with van der Waals surface area (Å²) < 4.78 is 37.1. The number of aromatic nitrogens is 2. The monoisotopic (exact) mass is 281 g/mol. The van der Waals surface area contributed by atoms with Crippen LogP contribution in [0, 0.1) is 0 Å². The molecular weight excluding hydrogens is 263 g/mol. The molecule has 0 aliphatic carbocycles. The zero-order valence-corrected chi connectivity index (χ0v) is 11.4. The third-order valence-corrected chi connectivity index (χ3v) is 3.44. The van der Waals surface area contributed by atoms with Crippen LogP contribution in [0.4, 0.5) is 18.3 Å². The second-order valence-electron chi connectivity index (χ2n) is 4.18. The lowest BCUT2D eigenvalue weighted by Gasteiger charge is -2.16. The first-order chi connectivity index (χ1) is 8.47. The molecule has 1 rings (SSSR count). The van der Waals surface area contributed by atoms with Crippen LogP contribution in [0.5, 0.6) is 0 Å². The van der Waals surface area contributed by atoms with Gasteiger partial charge in [-0.2, -0.15) is 13.2 Å². The molecule has 0 fully saturated rings. The number of rotatable bonds is 7. The Morgan fingerprint density at radius 2 is 1.89 bits per heavy atom. The molecular formula is C11H18F3N3S. The summed E-state index contributed by atoms with van der Waals surface area (Å²) in [6.45, 7) is 4.15. The Bertz CT molecular complexity index is 352. The van der Waals surface area contributed by atoms with Gasteiger partial charge in [0.1, 0.15) is 0 Å². The van der Waals surface area contributed by atoms with Gasteiger partial charge in [-0.3, -0.25) is 0 Å². The SMILES string of the molecule is CCCCC(CCC)Nc1nnc(C(F)(F)F)s1. The molecule has 1 aromatic heterocycles. The second kappa shape index (κ2) is 6.92. The Kier molecular flexibility index (Phi) is 5.84. The van der Waals surface area contributed by atoms with Crippen LogP contribution < -0.4 is 5.32 Å². The number of halogens is 3. The lowest BCUT2D eigenvalue weighted by molar-refractivity contribution is -0.138. The predicted octanol–water partition coefficient (Wildman–Crippen LogP) is 4.33. The van der Waals surface area contributed by atoms with E-state index >= 15 is 0 Å². The first-order valence-electron chi connectivity index (χ1n) is 6.14. The van der Waals surface area contributed by atoms with E-state index in [1.807, 2.05) is 0 Å². The molecule has 0 aromatic carbocycles. The van der Waals surface area contributed by atoms with E-state index in [4.69, 9.17) is 0 Å². The number of hydrogen-bond acceptors (Lipinski definition) is 4. The number of alkyl halides is 3. The fourth-order valence-corrected chi connectivity index (χ4v) is 2.35. The third kappa shape index (κ3) is 4.80. The quantitative estimate of drug-likeness (QED) is 0.808. The average molecular weight is 281 g/mol. The van der Waals surface area contributed by atoms with Crippen molar-refractivity contribution in [3.8, 4) is 0 Å². The highest BCUT2D eigenvalue weighted by Gasteiger charge is 2.35. The van der Waals surface area contributed by atoms with Crippen LogP contribution in [0.25, 0.3) is 0 Å². The largest absolute Gasteiger partial charge is 0.445 e. The smallest absolute Gasteiger partial charge is 0.357 e. The van der Waals surface area contributed by atoms with Gasteiger partial charge in [0.15, 0.2) is 0 Å². The molecule has 3 nitrogen and oxygen atoms in total. The highest BCUT2D eigenvalue weighted by Crippen LogP contribution is 2.33. The molecule has 0 spiro atoms. The highest BCUT2D eigenvalue weighted by atomic mass is 32.1. The predicted molar refractivity (Wildman–Crippen MR) is 66.8 cm³/mol. The summed E-state index contributed by atoms with van der Waals surface area (Å²) >= 11 is 0.569. The molecule has 18 heavy (non-hydrogen) atoms. The molecule has 0 saturated heterocycles. The van der Waals surface area contributed by atoms with Gasteiger partial charge in [-0.05, 0) is 12.8 Å². The van der Waals surface area contributed by atoms with Crippen molar-refractivity contribution in [1.82, 2.24) is 10.2 Å². The summed E-state index contributed by atoms with van der Waals surface area (Å²) in [5, 5.41) is 9.13. The molecule has 0 radical (unpaired) electrons. The van der Waals surface area contributed by atoms with Crippen molar-refractivity contribution in [2.45, 2.75) is 58.2 Å². The van der Waals surface area contributed by atoms with Gasteiger partial charge in [-0.25, -0.2) is 0 Å². The van der Waals surface area contributed by atoms with Crippen molar-refractivity contribution in [1.29, 1.82) is 0 Å². The maximum absolute atomic E-state index is 12.4. The number of unbranched alkanes of at least 4 members (excludes halogenated alkanes) is 1. The molecule has 0 saturated carbocycles. The fraction of sp³-hybridized carbons (Fsp3) is 0.818. The molecule has 1 unspecified atom stereocenters. The Hall–Kier alpha value is -0.850. The molecule has 0 bridgehead atoms. The van der Waals surface area contributed by atoms with Gasteiger partial charge in [-0.1, -0.05) is 44.4 Å². The third-order valence-electron chi connectivity index (χ3n) is 2.54. The van der Waals surface area contributed by atoms with Gasteiger partial charge >= 0.3 is 6.18 Å². The van der Waals surface area contributed by atoms with Crippen molar-refractivity contribution < 1.29 is 13.2 Å². The minimum atomic E-state index is -4.40. The summed E-state index contributed by atoms with van der Waals surface area (Å²) in [4.78, 5) is 0. The van der Waals surface area contributed by atoms with Gasteiger partial charge in [0.2, 0.25) is 10.1 Å². The molecule has 0 aliphatic heterocycles. The van der Waals surface area contributed by atoms with E-state index in [1.165, 1.54) is 0 Å². The molecule has 0 amide bonds. The summed E-state index contributed by atoms with van der Waals surface area (Å²) in [5.41, 5.74) is 0. The van der Waals surface area contributed by atoms with Gasteiger partial charge in [-0.15, -0.1) is 10.2 Å². The zero-order valence-electron chi connectivity index (χ0n) is 10.5. The van der Waals surface area contributed by atoms with Crippen molar-refractivity contribution in [2.24, 2.45) is 0 Å². The van der Waals surface area contributed by atoms with E-state index in [2.05, 4.69) is 29.4 Å². The van der Waals surface area contributed by atoms with Gasteiger partial charge in [0, 0.05) is 6.04 Å². The summed E-state index contributed by atoms with van der Waals surface area (Å²) in [7, 11) is 0. The van der Waals surface area contributed by atoms with Crippen molar-refractivity contribution in [3.05, 3.63) is 5.01 Å². The minimum Gasteiger partial charge on any atom is -0.357 e. The van der Waals surface area contributed by atoms with Gasteiger partial charge < -0.3 is 5.32 Å². The van der Waals surface area contributed by atoms with Crippen LogP contribution in [0.15, 0.2) is 0 Å². The van der Waals surface area contributed by atoms with E-state index in [1.54, 1.807) is 0 Å². The topological polar surface area (TPSA) is 37.8 Å². The Morgan fingerprint density at radius 1 is 1.17 bits per heavy atom. The lowest BCUT2D eigenvalue weighted by Crippen LogP contribution is -2.18. The second-order valence-corrected chi connectivity index (χ2v) is 5.16. The van der Waals surface area contributed by atoms with Crippen LogP contribution in [0.2, 0.25) is 0 Å². The summed E-state index contributed by atoms with van der Waals surface area (Å²) in [6.07, 6.45) is 0.605. The molecule has 1 N–H and O–H groups in total. The average Bonchev–Trinajstić information content (AvgIpc) is 2.74. The molecule has 1 heterocycles. The molecule has 104 valence electrons. The number of nitrogens with zero attached hydrogens (tertiary/aromatic N) is 2. The Balaban J connectivity index is 2.60. The maximum Gasteiger partial charge on any atom is 0.445 e. The lowest BCUT2D eigenvalue weighted by atomic mass is 10.1. The summed E-state index contributed by atoms with van der Waals surface area (Å²) in [6, 6.07) is 0.184. The van der Waals surface area contributed by atoms with Gasteiger partial charge in [0.05, 0.1) is 0 Å². The molecule has 1 aromatic rings. The van der Waals surface area contributed by atoms with E-state index in [9.17, 15) is 13.2 Å². The zero-order chi connectivity index (χ0) is 13.6. The van der Waals surface area contributed by atoms with Crippen LogP contribution in [-0.4, -0.2) is 16.2 Å². The molecule has 0 aliphatic rings. The van der Waals surface area contributed by atoms with Crippen LogP contribution in [0.1, 0.15) is 51.0 Å². The Morgan fingerprint density at radius 3 is 2.39 bits per heavy atom. The molecule has 1 atom stereocenters. The number of nitrogens with one attached hydrogen (secondary N) is 1. The number of anilines is 1. The summed E-state index contributed by atoms with van der Waals surface area (Å²) in [5.74, 6) is 0. The van der Waals surface area contributed by atoms with E-state index < -0.39 is 11.2 Å². The van der Waals surface area contributed by atoms with Crippen LogP contribution in [-0.2, 0) is 6.18 Å². The van der Waals surface area contributed by atoms with E-state index in [0.29, 0.717) is 11.3 Å². The number of hydrogen-bond donors (Lipinski definition) is 1. The van der Waals surface area contributed by atoms with Crippen molar-refractivity contribution in [3.63, 3.8) is 0 Å². The normalized spacial score (nSPS) is 13.6. The van der Waals surface area contributed by atoms with Gasteiger partial charge in [0.25, 0.3) is 0 Å². The standard InChI is InChI=1S/C11H18F3N3S/c1-3-5-7-8(6-4-2)15-10-17-16-9(18-10)11(12,13)14/h8H,3-7H2,1-2H3,(H,15,17). The minimum absolute atomic E-state index is 0.184. The van der Waals surface area contributed by atoms with Crippen LogP contribution in [0.3, 0.4) is 0 Å². The fourth-order valence-electron chi connectivity index (χ4n) is 1.66.